The zero-order valence-electron chi connectivity index (χ0n) is 10.0. The molecule has 0 spiro atoms. The summed E-state index contributed by atoms with van der Waals surface area (Å²) >= 11 is 12.6. The highest BCUT2D eigenvalue weighted by atomic mass is 32.2. The van der Waals surface area contributed by atoms with Gasteiger partial charge in [0.05, 0.1) is 8.42 Å². The Morgan fingerprint density at radius 1 is 0.750 bits per heavy atom. The van der Waals surface area contributed by atoms with Crippen molar-refractivity contribution in [1.82, 2.24) is 0 Å². The molecule has 0 radical (unpaired) electrons. The van der Waals surface area contributed by atoms with Crippen molar-refractivity contribution in [2.24, 2.45) is 0 Å². The number of benzene rings is 2. The van der Waals surface area contributed by atoms with Crippen LogP contribution < -0.4 is 0 Å². The Morgan fingerprint density at radius 3 is 1.85 bits per heavy atom. The van der Waals surface area contributed by atoms with Crippen molar-refractivity contribution in [3.05, 3.63) is 50.7 Å². The molecule has 0 saturated carbocycles. The summed E-state index contributed by atoms with van der Waals surface area (Å²) in [6.45, 7) is 0. The summed E-state index contributed by atoms with van der Waals surface area (Å²) in [6, 6.07) is 13.2. The van der Waals surface area contributed by atoms with Gasteiger partial charge < -0.3 is 0 Å². The molecule has 0 unspecified atom stereocenters. The van der Waals surface area contributed by atoms with Crippen molar-refractivity contribution >= 4 is 79.0 Å². The maximum absolute atomic E-state index is 5.35. The van der Waals surface area contributed by atoms with Crippen LogP contribution in [0.25, 0.3) is 20.6 Å². The van der Waals surface area contributed by atoms with Gasteiger partial charge in [-0.05, 0) is 21.9 Å². The first-order valence-electron chi connectivity index (χ1n) is 6.08. The van der Waals surface area contributed by atoms with Crippen LogP contribution in [-0.4, -0.2) is 0 Å². The Morgan fingerprint density at radius 2 is 1.30 bits per heavy atom. The lowest BCUT2D eigenvalue weighted by atomic mass is 10.0. The molecule has 0 nitrogen and oxygen atoms in total. The first-order valence-corrected chi connectivity index (χ1v) is 9.75. The van der Waals surface area contributed by atoms with E-state index in [1.807, 2.05) is 23.5 Å². The Hall–Kier alpha value is -0.590. The molecule has 0 N–H and O–H groups in total. The fraction of sp³-hybridized carbons (Fsp3) is 0. The van der Waals surface area contributed by atoms with Crippen molar-refractivity contribution in [2.45, 2.75) is 8.42 Å². The monoisotopic (exact) mass is 346 g/mol. The standard InChI is InChI=1S/C15H6S5/c16-15-19-13-14(20-15)18-12-9-6-2-4-7-3-1-5-8(10(7)9)11(12)17-13/h1-6H. The van der Waals surface area contributed by atoms with E-state index in [1.165, 1.54) is 40.1 Å². The third kappa shape index (κ3) is 1.53. The molecule has 0 amide bonds. The number of hydrogen-bond acceptors (Lipinski definition) is 5. The van der Waals surface area contributed by atoms with Gasteiger partial charge in [0.15, 0.2) is 0 Å². The van der Waals surface area contributed by atoms with Gasteiger partial charge in [-0.3, -0.25) is 0 Å². The van der Waals surface area contributed by atoms with Gasteiger partial charge in [-0.15, -0.1) is 22.7 Å². The highest BCUT2D eigenvalue weighted by Crippen LogP contribution is 2.62. The predicted molar refractivity (Wildman–Crippen MR) is 95.5 cm³/mol. The predicted octanol–water partition coefficient (Wildman–Crippen LogP) is 6.73. The normalized spacial score (nSPS) is 15.6. The Bertz CT molecular complexity index is 902. The molecule has 1 aromatic heterocycles. The minimum Gasteiger partial charge on any atom is -0.105 e. The minimum absolute atomic E-state index is 1.03. The Labute approximate surface area is 137 Å². The first kappa shape index (κ1) is 12.0. The van der Waals surface area contributed by atoms with Crippen molar-refractivity contribution < 1.29 is 0 Å². The van der Waals surface area contributed by atoms with Crippen LogP contribution >= 0.6 is 58.4 Å². The molecule has 3 aromatic rings. The van der Waals surface area contributed by atoms with E-state index in [4.69, 9.17) is 12.2 Å². The summed E-state index contributed by atoms with van der Waals surface area (Å²) < 4.78 is 3.77. The van der Waals surface area contributed by atoms with Crippen LogP contribution in [0, 0.1) is 3.14 Å². The molecule has 0 fully saturated rings. The third-order valence-corrected chi connectivity index (χ3v) is 9.30. The van der Waals surface area contributed by atoms with Crippen LogP contribution in [0.15, 0.2) is 44.8 Å². The summed E-state index contributed by atoms with van der Waals surface area (Å²) in [5.74, 6) is 0. The summed E-state index contributed by atoms with van der Waals surface area (Å²) in [7, 11) is 0. The van der Waals surface area contributed by atoms with Gasteiger partial charge in [0.25, 0.3) is 0 Å². The molecule has 5 rings (SSSR count). The average Bonchev–Trinajstić information content (AvgIpc) is 2.97. The summed E-state index contributed by atoms with van der Waals surface area (Å²) in [5, 5.41) is 2.75. The summed E-state index contributed by atoms with van der Waals surface area (Å²) in [5.41, 5.74) is 2.78. The quantitative estimate of drug-likeness (QED) is 0.414. The van der Waals surface area contributed by atoms with Gasteiger partial charge in [0.1, 0.15) is 3.14 Å². The number of fused-ring (bicyclic) bond motifs is 3. The second kappa shape index (κ2) is 4.21. The smallest absolute Gasteiger partial charge is 0.105 e. The van der Waals surface area contributed by atoms with Crippen LogP contribution in [0.1, 0.15) is 11.1 Å². The molecule has 0 saturated heterocycles. The highest BCUT2D eigenvalue weighted by molar-refractivity contribution is 8.18. The Balaban J connectivity index is 1.83. The van der Waals surface area contributed by atoms with Crippen molar-refractivity contribution in [3.8, 4) is 0 Å². The van der Waals surface area contributed by atoms with Crippen LogP contribution in [0.2, 0.25) is 0 Å². The molecule has 1 aliphatic carbocycles. The molecule has 1 aliphatic heterocycles. The van der Waals surface area contributed by atoms with E-state index in [9.17, 15) is 0 Å². The summed E-state index contributed by atoms with van der Waals surface area (Å²) in [4.78, 5) is 2.83. The van der Waals surface area contributed by atoms with E-state index in [0.717, 1.165) is 3.14 Å². The largest absolute Gasteiger partial charge is 0.145 e. The average molecular weight is 347 g/mol. The van der Waals surface area contributed by atoms with Gasteiger partial charge in [-0.2, -0.15) is 0 Å². The zero-order chi connectivity index (χ0) is 13.3. The number of rotatable bonds is 0. The van der Waals surface area contributed by atoms with E-state index in [0.29, 0.717) is 0 Å². The fourth-order valence-corrected chi connectivity index (χ4v) is 9.09. The first-order chi connectivity index (χ1) is 9.81. The maximum Gasteiger partial charge on any atom is 0.145 e. The number of thioether (sulfide) groups is 2. The van der Waals surface area contributed by atoms with Gasteiger partial charge in [-0.25, -0.2) is 0 Å². The molecule has 2 aliphatic rings. The molecule has 96 valence electrons. The molecule has 0 bridgehead atoms. The van der Waals surface area contributed by atoms with Gasteiger partial charge in [-0.1, -0.05) is 72.1 Å². The van der Waals surface area contributed by atoms with Crippen molar-refractivity contribution in [3.63, 3.8) is 0 Å². The van der Waals surface area contributed by atoms with Crippen molar-refractivity contribution in [1.29, 1.82) is 0 Å². The second-order valence-electron chi connectivity index (χ2n) is 4.60. The molecule has 2 aromatic carbocycles. The molecule has 0 atom stereocenters. The van der Waals surface area contributed by atoms with E-state index >= 15 is 0 Å². The topological polar surface area (TPSA) is 0 Å². The van der Waals surface area contributed by atoms with E-state index in [1.54, 1.807) is 22.7 Å². The highest BCUT2D eigenvalue weighted by Gasteiger charge is 2.31. The lowest BCUT2D eigenvalue weighted by Crippen LogP contribution is -1.82. The van der Waals surface area contributed by atoms with Gasteiger partial charge >= 0.3 is 0 Å². The van der Waals surface area contributed by atoms with Crippen LogP contribution in [0.3, 0.4) is 0 Å². The van der Waals surface area contributed by atoms with E-state index in [-0.39, 0.29) is 0 Å². The van der Waals surface area contributed by atoms with Gasteiger partial charge in [0.2, 0.25) is 0 Å². The van der Waals surface area contributed by atoms with Crippen LogP contribution in [0.4, 0.5) is 0 Å². The molecule has 20 heavy (non-hydrogen) atoms. The zero-order valence-corrected chi connectivity index (χ0v) is 14.1. The maximum atomic E-state index is 5.35. The minimum atomic E-state index is 1.03. The van der Waals surface area contributed by atoms with Crippen LogP contribution in [-0.2, 0) is 0 Å². The van der Waals surface area contributed by atoms with Gasteiger partial charge in [0, 0.05) is 9.81 Å². The number of hydrogen-bond donors (Lipinski definition) is 0. The fourth-order valence-electron chi connectivity index (χ4n) is 2.73. The second-order valence-corrected chi connectivity index (χ2v) is 10.4. The third-order valence-electron chi connectivity index (χ3n) is 3.51. The SMILES string of the molecule is S=c1sc2c(s1)SC1=C(S2)c2cccc3cccc1c23. The Kier molecular flexibility index (Phi) is 2.53. The molecule has 5 heteroatoms. The molecule has 2 heterocycles. The summed E-state index contributed by atoms with van der Waals surface area (Å²) in [6.07, 6.45) is 0. The lowest BCUT2D eigenvalue weighted by Gasteiger charge is -2.13. The van der Waals surface area contributed by atoms with E-state index in [2.05, 4.69) is 36.4 Å². The van der Waals surface area contributed by atoms with Crippen LogP contribution in [0.5, 0.6) is 0 Å². The molecular formula is C15H6S5. The van der Waals surface area contributed by atoms with Crippen molar-refractivity contribution in [2.75, 3.05) is 0 Å². The lowest BCUT2D eigenvalue weighted by molar-refractivity contribution is 1.54. The van der Waals surface area contributed by atoms with E-state index < -0.39 is 0 Å². The molecular weight excluding hydrogens is 341 g/mol.